The van der Waals surface area contributed by atoms with Crippen LogP contribution in [0.3, 0.4) is 0 Å². The van der Waals surface area contributed by atoms with Gasteiger partial charge < -0.3 is 10.6 Å². The Morgan fingerprint density at radius 1 is 1.25 bits per heavy atom. The standard InChI is InChI=1S/C15H25N3OS/c1-11-8-15(9-11,13(16)20)14(19)18-7-3-6-17-5-2-4-12(17)10-18/h11-12H,2-10H2,1H3,(H2,16,20). The number of nitrogens with two attached hydrogens (primary N) is 1. The summed E-state index contributed by atoms with van der Waals surface area (Å²) >= 11 is 5.23. The lowest BCUT2D eigenvalue weighted by Crippen LogP contribution is -2.58. The third kappa shape index (κ3) is 2.25. The Bertz CT molecular complexity index is 419. The van der Waals surface area contributed by atoms with E-state index in [4.69, 9.17) is 18.0 Å². The highest BCUT2D eigenvalue weighted by Crippen LogP contribution is 2.47. The Hall–Kier alpha value is -0.680. The van der Waals surface area contributed by atoms with Gasteiger partial charge in [-0.2, -0.15) is 0 Å². The summed E-state index contributed by atoms with van der Waals surface area (Å²) in [5.74, 6) is 0.771. The summed E-state index contributed by atoms with van der Waals surface area (Å²) in [4.78, 5) is 18.0. The maximum atomic E-state index is 13.0. The molecule has 1 saturated carbocycles. The van der Waals surface area contributed by atoms with E-state index in [2.05, 4.69) is 16.7 Å². The van der Waals surface area contributed by atoms with Gasteiger partial charge in [-0.1, -0.05) is 19.1 Å². The zero-order valence-electron chi connectivity index (χ0n) is 12.3. The maximum absolute atomic E-state index is 13.0. The molecular weight excluding hydrogens is 270 g/mol. The van der Waals surface area contributed by atoms with Gasteiger partial charge in [0.15, 0.2) is 0 Å². The Balaban J connectivity index is 1.74. The van der Waals surface area contributed by atoms with Crippen molar-refractivity contribution in [2.75, 3.05) is 26.2 Å². The van der Waals surface area contributed by atoms with Gasteiger partial charge in [0.1, 0.15) is 0 Å². The van der Waals surface area contributed by atoms with Crippen LogP contribution in [0.25, 0.3) is 0 Å². The van der Waals surface area contributed by atoms with Crippen molar-refractivity contribution in [2.24, 2.45) is 17.1 Å². The largest absolute Gasteiger partial charge is 0.392 e. The van der Waals surface area contributed by atoms with Crippen LogP contribution in [0.2, 0.25) is 0 Å². The molecule has 0 spiro atoms. The number of amides is 1. The molecule has 1 unspecified atom stereocenters. The van der Waals surface area contributed by atoms with Crippen molar-refractivity contribution < 1.29 is 4.79 Å². The minimum absolute atomic E-state index is 0.205. The second-order valence-electron chi connectivity index (χ2n) is 6.90. The van der Waals surface area contributed by atoms with Crippen molar-refractivity contribution in [2.45, 2.75) is 45.1 Å². The molecule has 112 valence electrons. The average molecular weight is 295 g/mol. The van der Waals surface area contributed by atoms with Gasteiger partial charge in [-0.15, -0.1) is 0 Å². The molecule has 3 fully saturated rings. The molecule has 0 bridgehead atoms. The molecule has 0 aromatic rings. The number of hydrogen-bond acceptors (Lipinski definition) is 3. The molecule has 2 N–H and O–H groups in total. The van der Waals surface area contributed by atoms with Crippen molar-refractivity contribution in [3.8, 4) is 0 Å². The second-order valence-corrected chi connectivity index (χ2v) is 7.34. The van der Waals surface area contributed by atoms with Gasteiger partial charge >= 0.3 is 0 Å². The van der Waals surface area contributed by atoms with Gasteiger partial charge in [0.2, 0.25) is 5.91 Å². The highest BCUT2D eigenvalue weighted by Gasteiger charge is 2.52. The fourth-order valence-electron chi connectivity index (χ4n) is 4.30. The van der Waals surface area contributed by atoms with Gasteiger partial charge in [-0.25, -0.2) is 0 Å². The smallest absolute Gasteiger partial charge is 0.235 e. The molecule has 0 radical (unpaired) electrons. The van der Waals surface area contributed by atoms with Gasteiger partial charge in [-0.3, -0.25) is 9.69 Å². The molecule has 4 nitrogen and oxygen atoms in total. The van der Waals surface area contributed by atoms with Crippen LogP contribution in [0.15, 0.2) is 0 Å². The third-order valence-corrected chi connectivity index (χ3v) is 5.76. The number of carbonyl (C=O) groups is 1. The van der Waals surface area contributed by atoms with Crippen LogP contribution < -0.4 is 5.73 Å². The molecule has 2 heterocycles. The van der Waals surface area contributed by atoms with E-state index in [0.717, 1.165) is 38.9 Å². The first kappa shape index (κ1) is 14.3. The van der Waals surface area contributed by atoms with Gasteiger partial charge in [0, 0.05) is 25.7 Å². The monoisotopic (exact) mass is 295 g/mol. The minimum Gasteiger partial charge on any atom is -0.392 e. The van der Waals surface area contributed by atoms with Crippen LogP contribution in [0.5, 0.6) is 0 Å². The quantitative estimate of drug-likeness (QED) is 0.782. The van der Waals surface area contributed by atoms with E-state index in [9.17, 15) is 4.79 Å². The zero-order valence-corrected chi connectivity index (χ0v) is 13.1. The van der Waals surface area contributed by atoms with Crippen molar-refractivity contribution in [3.63, 3.8) is 0 Å². The molecule has 1 atom stereocenters. The first-order valence-corrected chi connectivity index (χ1v) is 8.27. The molecule has 20 heavy (non-hydrogen) atoms. The summed E-state index contributed by atoms with van der Waals surface area (Å²) in [6.45, 7) is 6.24. The van der Waals surface area contributed by atoms with E-state index in [1.807, 2.05) is 0 Å². The normalized spacial score (nSPS) is 38.0. The highest BCUT2D eigenvalue weighted by atomic mass is 32.1. The summed E-state index contributed by atoms with van der Waals surface area (Å²) in [5, 5.41) is 0. The predicted octanol–water partition coefficient (Wildman–Crippen LogP) is 1.39. The number of nitrogens with zero attached hydrogens (tertiary/aromatic N) is 2. The zero-order chi connectivity index (χ0) is 14.3. The van der Waals surface area contributed by atoms with Crippen molar-refractivity contribution in [1.82, 2.24) is 9.80 Å². The van der Waals surface area contributed by atoms with Crippen molar-refractivity contribution in [3.05, 3.63) is 0 Å². The SMILES string of the molecule is CC1CC(C(=O)N2CCCN3CCCC3C2)(C(N)=S)C1. The molecule has 1 aliphatic carbocycles. The molecule has 0 aromatic heterocycles. The fraction of sp³-hybridized carbons (Fsp3) is 0.867. The Kier molecular flexibility index (Phi) is 3.75. The molecule has 2 saturated heterocycles. The summed E-state index contributed by atoms with van der Waals surface area (Å²) in [5.41, 5.74) is 5.40. The first-order chi connectivity index (χ1) is 9.53. The number of hydrogen-bond donors (Lipinski definition) is 1. The number of fused-ring (bicyclic) bond motifs is 1. The van der Waals surface area contributed by atoms with Crippen molar-refractivity contribution in [1.29, 1.82) is 0 Å². The van der Waals surface area contributed by atoms with Crippen LogP contribution in [-0.2, 0) is 4.79 Å². The average Bonchev–Trinajstić information content (AvgIpc) is 2.71. The summed E-state index contributed by atoms with van der Waals surface area (Å²) < 4.78 is 0. The summed E-state index contributed by atoms with van der Waals surface area (Å²) in [6, 6.07) is 0.558. The maximum Gasteiger partial charge on any atom is 0.235 e. The molecule has 3 rings (SSSR count). The van der Waals surface area contributed by atoms with Crippen LogP contribution in [0.4, 0.5) is 0 Å². The molecule has 2 aliphatic heterocycles. The van der Waals surface area contributed by atoms with E-state index in [1.54, 1.807) is 0 Å². The first-order valence-electron chi connectivity index (χ1n) is 7.86. The second kappa shape index (κ2) is 5.26. The van der Waals surface area contributed by atoms with E-state index in [0.29, 0.717) is 16.9 Å². The summed E-state index contributed by atoms with van der Waals surface area (Å²) in [7, 11) is 0. The molecule has 3 aliphatic rings. The van der Waals surface area contributed by atoms with Crippen LogP contribution >= 0.6 is 12.2 Å². The molecule has 1 amide bonds. The van der Waals surface area contributed by atoms with Gasteiger partial charge in [0.05, 0.1) is 10.4 Å². The number of rotatable bonds is 2. The lowest BCUT2D eigenvalue weighted by atomic mass is 9.61. The fourth-order valence-corrected chi connectivity index (χ4v) is 4.56. The van der Waals surface area contributed by atoms with Gasteiger partial charge in [0.25, 0.3) is 0 Å². The lowest BCUT2D eigenvalue weighted by Gasteiger charge is -2.46. The molecular formula is C15H25N3OS. The summed E-state index contributed by atoms with van der Waals surface area (Å²) in [6.07, 6.45) is 5.24. The third-order valence-electron chi connectivity index (χ3n) is 5.37. The van der Waals surface area contributed by atoms with E-state index < -0.39 is 5.41 Å². The topological polar surface area (TPSA) is 49.6 Å². The Morgan fingerprint density at radius 2 is 1.95 bits per heavy atom. The predicted molar refractivity (Wildman–Crippen MR) is 83.4 cm³/mol. The minimum atomic E-state index is -0.525. The molecule has 0 aromatic carbocycles. The van der Waals surface area contributed by atoms with E-state index >= 15 is 0 Å². The van der Waals surface area contributed by atoms with Crippen LogP contribution in [0.1, 0.15) is 39.0 Å². The number of thiocarbonyl (C=S) groups is 1. The van der Waals surface area contributed by atoms with Gasteiger partial charge in [-0.05, 0) is 44.6 Å². The van der Waals surface area contributed by atoms with E-state index in [1.165, 1.54) is 19.4 Å². The Labute approximate surface area is 126 Å². The lowest BCUT2D eigenvalue weighted by molar-refractivity contribution is -0.144. The van der Waals surface area contributed by atoms with Crippen LogP contribution in [0, 0.1) is 11.3 Å². The highest BCUT2D eigenvalue weighted by molar-refractivity contribution is 7.80. The van der Waals surface area contributed by atoms with E-state index in [-0.39, 0.29) is 5.91 Å². The Morgan fingerprint density at radius 3 is 2.60 bits per heavy atom. The van der Waals surface area contributed by atoms with Crippen LogP contribution in [-0.4, -0.2) is 52.9 Å². The molecule has 5 heteroatoms. The van der Waals surface area contributed by atoms with Crippen molar-refractivity contribution >= 4 is 23.1 Å². The number of carbonyl (C=O) groups excluding carboxylic acids is 1.